The van der Waals surface area contributed by atoms with Crippen molar-refractivity contribution in [3.8, 4) is 17.1 Å². The van der Waals surface area contributed by atoms with Crippen LogP contribution in [0.15, 0.2) is 65.7 Å². The first-order valence-electron chi connectivity index (χ1n) is 9.14. The molecule has 31 heavy (non-hydrogen) atoms. The molecule has 158 valence electrons. The standard InChI is InChI=1S/C22H15ClF3N3O2/c1-31-18-12-29(11-13-5-2-9-17-14(13)7-4-10-27-17)20(28-21(18)30)15-6-3-8-16(19(15)23)22(24,25)26/h2-10,12H,11H2,1H3. The molecule has 0 aliphatic carbocycles. The van der Waals surface area contributed by atoms with Crippen LogP contribution >= 0.6 is 11.6 Å². The number of alkyl halides is 3. The number of methoxy groups -OCH3 is 1. The minimum absolute atomic E-state index is 0.00259. The van der Waals surface area contributed by atoms with E-state index in [1.165, 1.54) is 25.4 Å². The van der Waals surface area contributed by atoms with Crippen LogP contribution in [0, 0.1) is 0 Å². The minimum Gasteiger partial charge on any atom is -0.490 e. The third-order valence-corrected chi connectivity index (χ3v) is 5.21. The summed E-state index contributed by atoms with van der Waals surface area (Å²) in [5.41, 5.74) is -0.115. The summed E-state index contributed by atoms with van der Waals surface area (Å²) in [5.74, 6) is -0.0343. The van der Waals surface area contributed by atoms with Crippen LogP contribution in [0.5, 0.6) is 5.75 Å². The molecule has 0 saturated heterocycles. The molecule has 0 spiro atoms. The Balaban J connectivity index is 1.93. The van der Waals surface area contributed by atoms with Crippen LogP contribution in [-0.4, -0.2) is 21.6 Å². The second-order valence-corrected chi connectivity index (χ2v) is 7.10. The fourth-order valence-corrected chi connectivity index (χ4v) is 3.68. The molecule has 0 aliphatic heterocycles. The second-order valence-electron chi connectivity index (χ2n) is 6.72. The highest BCUT2D eigenvalue weighted by molar-refractivity contribution is 6.34. The normalized spacial score (nSPS) is 11.6. The highest BCUT2D eigenvalue weighted by atomic mass is 35.5. The van der Waals surface area contributed by atoms with Gasteiger partial charge in [-0.3, -0.25) is 9.78 Å². The van der Waals surface area contributed by atoms with Gasteiger partial charge >= 0.3 is 11.7 Å². The number of nitrogens with zero attached hydrogens (tertiary/aromatic N) is 3. The van der Waals surface area contributed by atoms with Crippen molar-refractivity contribution >= 4 is 22.5 Å². The summed E-state index contributed by atoms with van der Waals surface area (Å²) in [6.45, 7) is 0.203. The summed E-state index contributed by atoms with van der Waals surface area (Å²) >= 11 is 6.11. The molecule has 9 heteroatoms. The van der Waals surface area contributed by atoms with Gasteiger partial charge in [0.25, 0.3) is 0 Å². The van der Waals surface area contributed by atoms with E-state index in [0.717, 1.165) is 22.5 Å². The van der Waals surface area contributed by atoms with Gasteiger partial charge in [-0.25, -0.2) is 0 Å². The average Bonchev–Trinajstić information content (AvgIpc) is 2.74. The maximum absolute atomic E-state index is 13.4. The van der Waals surface area contributed by atoms with Crippen LogP contribution in [0.3, 0.4) is 0 Å². The summed E-state index contributed by atoms with van der Waals surface area (Å²) in [6.07, 6.45) is -1.56. The van der Waals surface area contributed by atoms with E-state index in [1.54, 1.807) is 16.8 Å². The predicted molar refractivity (Wildman–Crippen MR) is 111 cm³/mol. The molecule has 0 saturated carbocycles. The highest BCUT2D eigenvalue weighted by Gasteiger charge is 2.34. The molecule has 0 bridgehead atoms. The van der Waals surface area contributed by atoms with Gasteiger partial charge in [0.1, 0.15) is 5.82 Å². The monoisotopic (exact) mass is 445 g/mol. The van der Waals surface area contributed by atoms with Crippen LogP contribution in [0.4, 0.5) is 13.2 Å². The maximum atomic E-state index is 13.4. The highest BCUT2D eigenvalue weighted by Crippen LogP contribution is 2.39. The van der Waals surface area contributed by atoms with Crippen LogP contribution in [-0.2, 0) is 12.7 Å². The van der Waals surface area contributed by atoms with Crippen LogP contribution in [0.2, 0.25) is 5.02 Å². The molecule has 0 unspecified atom stereocenters. The predicted octanol–water partition coefficient (Wildman–Crippen LogP) is 5.19. The maximum Gasteiger partial charge on any atom is 0.417 e. The van der Waals surface area contributed by atoms with E-state index >= 15 is 0 Å². The number of benzene rings is 2. The average molecular weight is 446 g/mol. The number of hydrogen-bond donors (Lipinski definition) is 0. The number of halogens is 4. The molecule has 4 rings (SSSR count). The summed E-state index contributed by atoms with van der Waals surface area (Å²) in [5, 5.41) is 0.337. The smallest absolute Gasteiger partial charge is 0.417 e. The zero-order valence-electron chi connectivity index (χ0n) is 16.2. The van der Waals surface area contributed by atoms with Gasteiger partial charge < -0.3 is 9.30 Å². The van der Waals surface area contributed by atoms with Gasteiger partial charge in [0.15, 0.2) is 0 Å². The number of fused-ring (bicyclic) bond motifs is 1. The second kappa shape index (κ2) is 8.03. The van der Waals surface area contributed by atoms with Crippen molar-refractivity contribution in [1.29, 1.82) is 0 Å². The molecule has 2 heterocycles. The topological polar surface area (TPSA) is 57.0 Å². The van der Waals surface area contributed by atoms with Crippen LogP contribution < -0.4 is 10.3 Å². The van der Waals surface area contributed by atoms with E-state index in [2.05, 4.69) is 9.97 Å². The van der Waals surface area contributed by atoms with Crippen LogP contribution in [0.1, 0.15) is 11.1 Å². The molecule has 2 aromatic heterocycles. The molecule has 0 N–H and O–H groups in total. The summed E-state index contributed by atoms with van der Waals surface area (Å²) in [4.78, 5) is 20.6. The Labute approximate surface area is 179 Å². The number of ether oxygens (including phenoxy) is 1. The van der Waals surface area contributed by atoms with E-state index in [0.29, 0.717) is 0 Å². The fraction of sp³-hybridized carbons (Fsp3) is 0.136. The zero-order chi connectivity index (χ0) is 22.2. The first kappa shape index (κ1) is 20.9. The minimum atomic E-state index is -4.65. The van der Waals surface area contributed by atoms with Crippen molar-refractivity contribution in [2.45, 2.75) is 12.7 Å². The van der Waals surface area contributed by atoms with E-state index in [-0.39, 0.29) is 23.7 Å². The lowest BCUT2D eigenvalue weighted by Gasteiger charge is -2.17. The number of aromatic nitrogens is 3. The van der Waals surface area contributed by atoms with E-state index in [4.69, 9.17) is 16.3 Å². The largest absolute Gasteiger partial charge is 0.490 e. The van der Waals surface area contributed by atoms with Gasteiger partial charge in [-0.2, -0.15) is 18.2 Å². The van der Waals surface area contributed by atoms with Gasteiger partial charge in [-0.15, -0.1) is 0 Å². The van der Waals surface area contributed by atoms with Gasteiger partial charge in [0.05, 0.1) is 29.4 Å². The van der Waals surface area contributed by atoms with Crippen LogP contribution in [0.25, 0.3) is 22.3 Å². The molecule has 2 aromatic carbocycles. The van der Waals surface area contributed by atoms with E-state index in [9.17, 15) is 18.0 Å². The first-order chi connectivity index (χ1) is 14.8. The van der Waals surface area contributed by atoms with E-state index in [1.807, 2.05) is 24.3 Å². The zero-order valence-corrected chi connectivity index (χ0v) is 16.9. The molecule has 0 aliphatic rings. The van der Waals surface area contributed by atoms with Crippen molar-refractivity contribution in [2.75, 3.05) is 7.11 Å². The van der Waals surface area contributed by atoms with E-state index < -0.39 is 22.3 Å². The molecule has 0 radical (unpaired) electrons. The quantitative estimate of drug-likeness (QED) is 0.434. The summed E-state index contributed by atoms with van der Waals surface area (Å²) in [7, 11) is 1.32. The van der Waals surface area contributed by atoms with Crippen molar-refractivity contribution in [3.63, 3.8) is 0 Å². The van der Waals surface area contributed by atoms with Crippen molar-refractivity contribution in [3.05, 3.63) is 87.4 Å². The molecule has 0 fully saturated rings. The molecular weight excluding hydrogens is 431 g/mol. The first-order valence-corrected chi connectivity index (χ1v) is 9.51. The third-order valence-electron chi connectivity index (χ3n) is 4.80. The van der Waals surface area contributed by atoms with Gasteiger partial charge in [-0.05, 0) is 29.8 Å². The Bertz CT molecular complexity index is 1330. The Kier molecular flexibility index (Phi) is 5.41. The summed E-state index contributed by atoms with van der Waals surface area (Å²) < 4.78 is 46.7. The molecule has 0 amide bonds. The number of pyridine rings is 1. The molecule has 4 aromatic rings. The molecule has 5 nitrogen and oxygen atoms in total. The van der Waals surface area contributed by atoms with Crippen molar-refractivity contribution < 1.29 is 17.9 Å². The Morgan fingerprint density at radius 1 is 1.10 bits per heavy atom. The lowest BCUT2D eigenvalue weighted by atomic mass is 10.1. The molecule has 0 atom stereocenters. The lowest BCUT2D eigenvalue weighted by Crippen LogP contribution is -2.18. The van der Waals surface area contributed by atoms with Gasteiger partial charge in [-0.1, -0.05) is 35.9 Å². The SMILES string of the molecule is COc1cn(Cc2cccc3ncccc23)c(-c2cccc(C(F)(F)F)c2Cl)nc1=O. The fourth-order valence-electron chi connectivity index (χ4n) is 3.36. The van der Waals surface area contributed by atoms with Gasteiger partial charge in [0.2, 0.25) is 5.75 Å². The number of hydrogen-bond acceptors (Lipinski definition) is 4. The molecular formula is C22H15ClF3N3O2. The van der Waals surface area contributed by atoms with Crippen molar-refractivity contribution in [2.24, 2.45) is 0 Å². The Morgan fingerprint density at radius 3 is 2.61 bits per heavy atom. The summed E-state index contributed by atoms with van der Waals surface area (Å²) in [6, 6.07) is 12.7. The van der Waals surface area contributed by atoms with Crippen molar-refractivity contribution in [1.82, 2.24) is 14.5 Å². The Morgan fingerprint density at radius 2 is 1.87 bits per heavy atom. The number of rotatable bonds is 4. The Hall–Kier alpha value is -3.39. The lowest BCUT2D eigenvalue weighted by molar-refractivity contribution is -0.137. The third kappa shape index (κ3) is 3.98. The van der Waals surface area contributed by atoms with Gasteiger partial charge in [0, 0.05) is 23.7 Å².